The summed E-state index contributed by atoms with van der Waals surface area (Å²) in [6, 6.07) is 19.9. The lowest BCUT2D eigenvalue weighted by Crippen LogP contribution is -2.13. The highest BCUT2D eigenvalue weighted by Gasteiger charge is 2.09. The monoisotopic (exact) mass is 486 g/mol. The molecule has 4 aromatic rings. The molecule has 7 nitrogen and oxygen atoms in total. The van der Waals surface area contributed by atoms with E-state index in [9.17, 15) is 4.79 Å². The summed E-state index contributed by atoms with van der Waals surface area (Å²) >= 11 is 6.36. The highest BCUT2D eigenvalue weighted by atomic mass is 35.5. The third-order valence-corrected chi connectivity index (χ3v) is 5.37. The number of hydrogen-bond donors (Lipinski definition) is 3. The summed E-state index contributed by atoms with van der Waals surface area (Å²) in [6.07, 6.45) is 4.90. The zero-order chi connectivity index (χ0) is 24.8. The Morgan fingerprint density at radius 1 is 0.971 bits per heavy atom. The van der Waals surface area contributed by atoms with Crippen LogP contribution in [0.25, 0.3) is 10.8 Å². The Labute approximate surface area is 209 Å². The van der Waals surface area contributed by atoms with Crippen molar-refractivity contribution >= 4 is 57.1 Å². The molecule has 0 saturated heterocycles. The minimum Gasteiger partial charge on any atom is -0.339 e. The molecule has 3 N–H and O–H groups in total. The van der Waals surface area contributed by atoms with Gasteiger partial charge in [-0.25, -0.2) is 4.98 Å². The third kappa shape index (κ3) is 6.79. The van der Waals surface area contributed by atoms with E-state index in [0.717, 1.165) is 27.7 Å². The van der Waals surface area contributed by atoms with Crippen LogP contribution in [0.4, 0.5) is 28.8 Å². The lowest BCUT2D eigenvalue weighted by molar-refractivity contribution is -0.111. The van der Waals surface area contributed by atoms with Crippen LogP contribution in [-0.4, -0.2) is 41.4 Å². The predicted molar refractivity (Wildman–Crippen MR) is 145 cm³/mol. The van der Waals surface area contributed by atoms with Crippen molar-refractivity contribution in [1.82, 2.24) is 14.9 Å². The fourth-order valence-electron chi connectivity index (χ4n) is 3.53. The van der Waals surface area contributed by atoms with Crippen LogP contribution < -0.4 is 16.0 Å². The van der Waals surface area contributed by atoms with Crippen LogP contribution in [0.3, 0.4) is 0 Å². The van der Waals surface area contributed by atoms with Gasteiger partial charge in [0.25, 0.3) is 0 Å². The second-order valence-corrected chi connectivity index (χ2v) is 8.85. The Bertz CT molecular complexity index is 1390. The van der Waals surface area contributed by atoms with Crippen LogP contribution >= 0.6 is 11.6 Å². The predicted octanol–water partition coefficient (Wildman–Crippen LogP) is 6.14. The summed E-state index contributed by atoms with van der Waals surface area (Å²) in [6.45, 7) is 2.65. The van der Waals surface area contributed by atoms with Crippen LogP contribution in [0.2, 0.25) is 5.02 Å². The molecule has 0 aliphatic carbocycles. The number of aryl methyl sites for hydroxylation is 1. The Morgan fingerprint density at radius 2 is 1.74 bits per heavy atom. The quantitative estimate of drug-likeness (QED) is 0.260. The SMILES string of the molecule is Cc1cc(NC(=O)/C=C/CN(C)C)cc(Nc2ncc(Cl)c(Nc3ccc4ccccc4c3)n2)c1. The second-order valence-electron chi connectivity index (χ2n) is 8.44. The summed E-state index contributed by atoms with van der Waals surface area (Å²) < 4.78 is 0. The first-order chi connectivity index (χ1) is 16.9. The molecule has 8 heteroatoms. The van der Waals surface area contributed by atoms with E-state index < -0.39 is 0 Å². The number of hydrogen-bond acceptors (Lipinski definition) is 6. The van der Waals surface area contributed by atoms with E-state index in [0.29, 0.717) is 29.0 Å². The fourth-order valence-corrected chi connectivity index (χ4v) is 3.67. The molecule has 35 heavy (non-hydrogen) atoms. The highest BCUT2D eigenvalue weighted by molar-refractivity contribution is 6.32. The van der Waals surface area contributed by atoms with Gasteiger partial charge in [-0.2, -0.15) is 4.98 Å². The van der Waals surface area contributed by atoms with Gasteiger partial charge in [-0.15, -0.1) is 0 Å². The molecule has 1 amide bonds. The Hall–Kier alpha value is -3.94. The molecular weight excluding hydrogens is 460 g/mol. The van der Waals surface area contributed by atoms with Crippen LogP contribution in [0, 0.1) is 6.92 Å². The molecule has 1 heterocycles. The minimum absolute atomic E-state index is 0.187. The van der Waals surface area contributed by atoms with Crippen molar-refractivity contribution in [2.24, 2.45) is 0 Å². The number of anilines is 5. The van der Waals surface area contributed by atoms with E-state index in [-0.39, 0.29) is 5.91 Å². The van der Waals surface area contributed by atoms with Gasteiger partial charge in [-0.1, -0.05) is 48.0 Å². The minimum atomic E-state index is -0.187. The standard InChI is InChI=1S/C27H27ClN6O/c1-18-13-22(30-25(35)9-6-12-34(2)3)16-23(14-18)32-27-29-17-24(28)26(33-27)31-21-11-10-19-7-4-5-8-20(19)15-21/h4-11,13-17H,12H2,1-3H3,(H,30,35)(H2,29,31,32,33)/b9-6+. The van der Waals surface area contributed by atoms with Crippen LogP contribution in [-0.2, 0) is 4.79 Å². The lowest BCUT2D eigenvalue weighted by atomic mass is 10.1. The number of nitrogens with zero attached hydrogens (tertiary/aromatic N) is 3. The molecule has 1 aromatic heterocycles. The van der Waals surface area contributed by atoms with Gasteiger partial charge in [-0.3, -0.25) is 4.79 Å². The topological polar surface area (TPSA) is 82.2 Å². The van der Waals surface area contributed by atoms with Gasteiger partial charge in [-0.05, 0) is 67.7 Å². The summed E-state index contributed by atoms with van der Waals surface area (Å²) in [5.74, 6) is 0.686. The number of halogens is 1. The van der Waals surface area contributed by atoms with Crippen molar-refractivity contribution in [3.05, 3.63) is 89.6 Å². The molecule has 0 aliphatic rings. The van der Waals surface area contributed by atoms with Gasteiger partial charge in [0, 0.05) is 29.7 Å². The van der Waals surface area contributed by atoms with Gasteiger partial charge in [0.2, 0.25) is 11.9 Å². The first kappa shape index (κ1) is 24.2. The second kappa shape index (κ2) is 11.0. The van der Waals surface area contributed by atoms with Gasteiger partial charge >= 0.3 is 0 Å². The maximum absolute atomic E-state index is 12.2. The number of fused-ring (bicyclic) bond motifs is 1. The average molecular weight is 487 g/mol. The van der Waals surface area contributed by atoms with E-state index in [1.54, 1.807) is 6.20 Å². The van der Waals surface area contributed by atoms with Crippen molar-refractivity contribution in [2.75, 3.05) is 36.6 Å². The van der Waals surface area contributed by atoms with E-state index in [1.807, 2.05) is 80.5 Å². The van der Waals surface area contributed by atoms with E-state index >= 15 is 0 Å². The maximum atomic E-state index is 12.2. The van der Waals surface area contributed by atoms with Crippen LogP contribution in [0.15, 0.2) is 79.0 Å². The van der Waals surface area contributed by atoms with Crippen molar-refractivity contribution in [2.45, 2.75) is 6.92 Å². The first-order valence-electron chi connectivity index (χ1n) is 11.1. The van der Waals surface area contributed by atoms with Crippen LogP contribution in [0.5, 0.6) is 0 Å². The number of likely N-dealkylation sites (N-methyl/N-ethyl adjacent to an activating group) is 1. The molecule has 0 atom stereocenters. The summed E-state index contributed by atoms with van der Waals surface area (Å²) in [7, 11) is 3.89. The van der Waals surface area contributed by atoms with Gasteiger partial charge in [0.15, 0.2) is 5.82 Å². The number of rotatable bonds is 8. The Morgan fingerprint density at radius 3 is 2.54 bits per heavy atom. The Kier molecular flexibility index (Phi) is 7.60. The molecule has 0 bridgehead atoms. The number of aromatic nitrogens is 2. The first-order valence-corrected chi connectivity index (χ1v) is 11.5. The molecule has 0 unspecified atom stereocenters. The molecule has 3 aromatic carbocycles. The molecule has 0 radical (unpaired) electrons. The van der Waals surface area contributed by atoms with Crippen molar-refractivity contribution in [3.8, 4) is 0 Å². The maximum Gasteiger partial charge on any atom is 0.248 e. The van der Waals surface area contributed by atoms with E-state index in [4.69, 9.17) is 11.6 Å². The molecule has 0 saturated carbocycles. The van der Waals surface area contributed by atoms with Crippen molar-refractivity contribution < 1.29 is 4.79 Å². The van der Waals surface area contributed by atoms with E-state index in [1.165, 1.54) is 6.08 Å². The lowest BCUT2D eigenvalue weighted by Gasteiger charge is -2.12. The molecule has 0 fully saturated rings. The zero-order valence-electron chi connectivity index (χ0n) is 19.8. The van der Waals surface area contributed by atoms with Gasteiger partial charge in [0.1, 0.15) is 5.02 Å². The summed E-state index contributed by atoms with van der Waals surface area (Å²) in [5, 5.41) is 12.1. The summed E-state index contributed by atoms with van der Waals surface area (Å²) in [5.41, 5.74) is 3.27. The zero-order valence-corrected chi connectivity index (χ0v) is 20.6. The largest absolute Gasteiger partial charge is 0.339 e. The fraction of sp³-hybridized carbons (Fsp3) is 0.148. The van der Waals surface area contributed by atoms with E-state index in [2.05, 4.69) is 38.1 Å². The van der Waals surface area contributed by atoms with Crippen molar-refractivity contribution in [3.63, 3.8) is 0 Å². The third-order valence-electron chi connectivity index (χ3n) is 5.10. The summed E-state index contributed by atoms with van der Waals surface area (Å²) in [4.78, 5) is 23.1. The van der Waals surface area contributed by atoms with Gasteiger partial charge in [0.05, 0.1) is 6.20 Å². The number of carbonyl (C=O) groups excluding carboxylic acids is 1. The normalized spacial score (nSPS) is 11.2. The average Bonchev–Trinajstić information content (AvgIpc) is 2.80. The molecule has 0 aliphatic heterocycles. The highest BCUT2D eigenvalue weighted by Crippen LogP contribution is 2.28. The molecular formula is C27H27ClN6O. The number of nitrogens with one attached hydrogen (secondary N) is 3. The number of amides is 1. The number of benzene rings is 3. The number of carbonyl (C=O) groups is 1. The van der Waals surface area contributed by atoms with Gasteiger partial charge < -0.3 is 20.9 Å². The van der Waals surface area contributed by atoms with Crippen LogP contribution in [0.1, 0.15) is 5.56 Å². The smallest absolute Gasteiger partial charge is 0.248 e. The molecule has 4 rings (SSSR count). The van der Waals surface area contributed by atoms with Crippen molar-refractivity contribution in [1.29, 1.82) is 0 Å². The molecule has 178 valence electrons. The molecule has 0 spiro atoms. The Balaban J connectivity index is 1.49.